The molecule has 20 heavy (non-hydrogen) atoms. The zero-order valence-electron chi connectivity index (χ0n) is 11.0. The third-order valence-electron chi connectivity index (χ3n) is 2.42. The summed E-state index contributed by atoms with van der Waals surface area (Å²) in [5, 5.41) is 13.7. The van der Waals surface area contributed by atoms with Gasteiger partial charge in [-0.15, -0.1) is 0 Å². The lowest BCUT2D eigenvalue weighted by Gasteiger charge is -2.13. The van der Waals surface area contributed by atoms with Crippen molar-refractivity contribution in [1.82, 2.24) is 5.32 Å². The molecule has 0 aliphatic heterocycles. The van der Waals surface area contributed by atoms with Gasteiger partial charge in [0.25, 0.3) is 0 Å². The number of methoxy groups -OCH3 is 2. The standard InChI is InChI=1S/C12H15BrN2O5/c1-19-9-4-3-7(5-8(9)13)15-12(18)14-6-10(20-2)11(16)17/h3-5,10H,6H2,1-2H3,(H,16,17)(H2,14,15,18). The average Bonchev–Trinajstić information content (AvgIpc) is 2.39. The third kappa shape index (κ3) is 4.71. The molecule has 2 amide bonds. The van der Waals surface area contributed by atoms with E-state index in [1.165, 1.54) is 14.2 Å². The number of benzene rings is 1. The Labute approximate surface area is 124 Å². The van der Waals surface area contributed by atoms with Gasteiger partial charge in [-0.25, -0.2) is 9.59 Å². The zero-order chi connectivity index (χ0) is 15.1. The molecule has 0 aliphatic carbocycles. The second-order valence-corrected chi connectivity index (χ2v) is 4.60. The highest BCUT2D eigenvalue weighted by molar-refractivity contribution is 9.10. The number of nitrogens with one attached hydrogen (secondary N) is 2. The number of ether oxygens (including phenoxy) is 2. The Morgan fingerprint density at radius 1 is 1.40 bits per heavy atom. The van der Waals surface area contributed by atoms with Crippen LogP contribution in [-0.2, 0) is 9.53 Å². The Morgan fingerprint density at radius 3 is 2.60 bits per heavy atom. The van der Waals surface area contributed by atoms with Crippen molar-refractivity contribution in [3.05, 3.63) is 22.7 Å². The van der Waals surface area contributed by atoms with Crippen LogP contribution in [0.4, 0.5) is 10.5 Å². The van der Waals surface area contributed by atoms with E-state index in [1.807, 2.05) is 0 Å². The maximum Gasteiger partial charge on any atom is 0.334 e. The van der Waals surface area contributed by atoms with Crippen LogP contribution in [0.3, 0.4) is 0 Å². The van der Waals surface area contributed by atoms with Crippen molar-refractivity contribution in [2.75, 3.05) is 26.1 Å². The molecule has 0 radical (unpaired) electrons. The molecule has 110 valence electrons. The third-order valence-corrected chi connectivity index (χ3v) is 3.04. The Morgan fingerprint density at radius 2 is 2.10 bits per heavy atom. The summed E-state index contributed by atoms with van der Waals surface area (Å²) < 4.78 is 10.5. The maximum atomic E-state index is 11.6. The highest BCUT2D eigenvalue weighted by atomic mass is 79.9. The molecule has 1 aromatic rings. The number of carbonyl (C=O) groups is 2. The number of anilines is 1. The van der Waals surface area contributed by atoms with Gasteiger partial charge in [0, 0.05) is 12.8 Å². The minimum atomic E-state index is -1.14. The van der Waals surface area contributed by atoms with Gasteiger partial charge in [0.05, 0.1) is 18.1 Å². The van der Waals surface area contributed by atoms with Gasteiger partial charge in [-0.05, 0) is 34.1 Å². The predicted molar refractivity (Wildman–Crippen MR) is 76.1 cm³/mol. The van der Waals surface area contributed by atoms with Crippen LogP contribution >= 0.6 is 15.9 Å². The van der Waals surface area contributed by atoms with Crippen LogP contribution in [0.1, 0.15) is 0 Å². The Balaban J connectivity index is 2.54. The van der Waals surface area contributed by atoms with Crippen molar-refractivity contribution in [1.29, 1.82) is 0 Å². The van der Waals surface area contributed by atoms with Gasteiger partial charge < -0.3 is 25.2 Å². The first-order valence-corrected chi connectivity index (χ1v) is 6.41. The molecule has 0 heterocycles. The number of urea groups is 1. The van der Waals surface area contributed by atoms with E-state index in [2.05, 4.69) is 26.6 Å². The SMILES string of the molecule is COc1ccc(NC(=O)NCC(OC)C(=O)O)cc1Br. The van der Waals surface area contributed by atoms with Gasteiger partial charge in [-0.3, -0.25) is 0 Å². The van der Waals surface area contributed by atoms with Crippen molar-refractivity contribution in [2.45, 2.75) is 6.10 Å². The van der Waals surface area contributed by atoms with Crippen molar-refractivity contribution in [2.24, 2.45) is 0 Å². The van der Waals surface area contributed by atoms with Crippen molar-refractivity contribution >= 4 is 33.6 Å². The topological polar surface area (TPSA) is 96.9 Å². The van der Waals surface area contributed by atoms with E-state index >= 15 is 0 Å². The molecule has 7 nitrogen and oxygen atoms in total. The summed E-state index contributed by atoms with van der Waals surface area (Å²) in [5.41, 5.74) is 0.541. The van der Waals surface area contributed by atoms with Gasteiger partial charge in [-0.1, -0.05) is 0 Å². The Hall–Kier alpha value is -1.80. The fourth-order valence-corrected chi connectivity index (χ4v) is 1.92. The van der Waals surface area contributed by atoms with Crippen LogP contribution in [0.5, 0.6) is 5.75 Å². The summed E-state index contributed by atoms with van der Waals surface area (Å²) in [7, 11) is 2.80. The number of carboxylic acid groups (broad SMARTS) is 1. The summed E-state index contributed by atoms with van der Waals surface area (Å²) in [6.07, 6.45) is -1.08. The number of rotatable bonds is 6. The smallest absolute Gasteiger partial charge is 0.334 e. The molecule has 3 N–H and O–H groups in total. The van der Waals surface area contributed by atoms with Crippen LogP contribution in [0, 0.1) is 0 Å². The number of aliphatic carboxylic acids is 1. The first-order chi connectivity index (χ1) is 9.47. The zero-order valence-corrected chi connectivity index (χ0v) is 12.6. The monoisotopic (exact) mass is 346 g/mol. The number of halogens is 1. The first kappa shape index (κ1) is 16.3. The molecular formula is C12H15BrN2O5. The summed E-state index contributed by atoms with van der Waals surface area (Å²) >= 11 is 3.30. The second-order valence-electron chi connectivity index (χ2n) is 3.75. The van der Waals surface area contributed by atoms with Gasteiger partial charge in [-0.2, -0.15) is 0 Å². The van der Waals surface area contributed by atoms with E-state index in [0.717, 1.165) is 0 Å². The van der Waals surface area contributed by atoms with E-state index in [-0.39, 0.29) is 6.54 Å². The Kier molecular flexibility index (Phi) is 6.26. The highest BCUT2D eigenvalue weighted by Crippen LogP contribution is 2.27. The quantitative estimate of drug-likeness (QED) is 0.728. The van der Waals surface area contributed by atoms with Crippen LogP contribution in [0.2, 0.25) is 0 Å². The summed E-state index contributed by atoms with van der Waals surface area (Å²) in [6, 6.07) is 4.50. The fraction of sp³-hybridized carbons (Fsp3) is 0.333. The van der Waals surface area contributed by atoms with Gasteiger partial charge in [0.15, 0.2) is 6.10 Å². The number of carboxylic acids is 1. The number of amides is 2. The predicted octanol–water partition coefficient (Wildman–Crippen LogP) is 1.68. The fourth-order valence-electron chi connectivity index (χ4n) is 1.38. The molecule has 1 rings (SSSR count). The van der Waals surface area contributed by atoms with Crippen molar-refractivity contribution < 1.29 is 24.2 Å². The minimum absolute atomic E-state index is 0.130. The van der Waals surface area contributed by atoms with Crippen molar-refractivity contribution in [3.63, 3.8) is 0 Å². The lowest BCUT2D eigenvalue weighted by Crippen LogP contribution is -2.39. The molecule has 0 bridgehead atoms. The molecular weight excluding hydrogens is 332 g/mol. The molecule has 1 aromatic carbocycles. The van der Waals surface area contributed by atoms with Crippen LogP contribution < -0.4 is 15.4 Å². The van der Waals surface area contributed by atoms with Crippen LogP contribution in [0.15, 0.2) is 22.7 Å². The highest BCUT2D eigenvalue weighted by Gasteiger charge is 2.17. The number of hydrogen-bond acceptors (Lipinski definition) is 4. The second kappa shape index (κ2) is 7.71. The van der Waals surface area contributed by atoms with Gasteiger partial charge >= 0.3 is 12.0 Å². The Bertz CT molecular complexity index is 495. The summed E-state index contributed by atoms with van der Waals surface area (Å²) in [6.45, 7) is -0.130. The average molecular weight is 347 g/mol. The van der Waals surface area contributed by atoms with Gasteiger partial charge in [0.1, 0.15) is 5.75 Å². The lowest BCUT2D eigenvalue weighted by molar-refractivity contribution is -0.147. The molecule has 0 aliphatic rings. The van der Waals surface area contributed by atoms with E-state index in [1.54, 1.807) is 18.2 Å². The molecule has 1 atom stereocenters. The minimum Gasteiger partial charge on any atom is -0.496 e. The van der Waals surface area contributed by atoms with E-state index in [0.29, 0.717) is 15.9 Å². The van der Waals surface area contributed by atoms with Crippen LogP contribution in [0.25, 0.3) is 0 Å². The molecule has 0 aromatic heterocycles. The summed E-state index contributed by atoms with van der Waals surface area (Å²) in [4.78, 5) is 22.3. The van der Waals surface area contributed by atoms with Crippen LogP contribution in [-0.4, -0.2) is 44.0 Å². The largest absolute Gasteiger partial charge is 0.496 e. The molecule has 0 saturated carbocycles. The first-order valence-electron chi connectivity index (χ1n) is 5.62. The normalized spacial score (nSPS) is 11.6. The number of hydrogen-bond donors (Lipinski definition) is 3. The van der Waals surface area contributed by atoms with E-state index < -0.39 is 18.1 Å². The molecule has 0 fully saturated rings. The van der Waals surface area contributed by atoms with Gasteiger partial charge in [0.2, 0.25) is 0 Å². The lowest BCUT2D eigenvalue weighted by atomic mass is 10.3. The van der Waals surface area contributed by atoms with Crippen molar-refractivity contribution in [3.8, 4) is 5.75 Å². The van der Waals surface area contributed by atoms with E-state index in [9.17, 15) is 9.59 Å². The molecule has 0 spiro atoms. The maximum absolute atomic E-state index is 11.6. The molecule has 8 heteroatoms. The molecule has 0 saturated heterocycles. The van der Waals surface area contributed by atoms with E-state index in [4.69, 9.17) is 14.6 Å². The summed E-state index contributed by atoms with van der Waals surface area (Å²) in [5.74, 6) is -0.499. The number of carbonyl (C=O) groups excluding carboxylic acids is 1. The molecule has 1 unspecified atom stereocenters.